The molecule has 0 aliphatic rings. The van der Waals surface area contributed by atoms with Gasteiger partial charge in [0.15, 0.2) is 0 Å². The van der Waals surface area contributed by atoms with Gasteiger partial charge < -0.3 is 5.11 Å². The average molecular weight is 215 g/mol. The fraction of sp³-hybridized carbons (Fsp3) is 0.333. The third-order valence-corrected chi connectivity index (χ3v) is 2.57. The van der Waals surface area contributed by atoms with E-state index in [4.69, 9.17) is 5.11 Å². The quantitative estimate of drug-likeness (QED) is 0.790. The van der Waals surface area contributed by atoms with Gasteiger partial charge >= 0.3 is 0 Å². The summed E-state index contributed by atoms with van der Waals surface area (Å²) in [7, 11) is -3.19. The molecule has 1 unspecified atom stereocenters. The molecule has 0 saturated carbocycles. The van der Waals surface area contributed by atoms with Crippen LogP contribution in [-0.4, -0.2) is 19.8 Å². The number of aromatic hydroxyl groups is 1. The highest BCUT2D eigenvalue weighted by molar-refractivity contribution is 7.88. The molecule has 1 rings (SSSR count). The maximum Gasteiger partial charge on any atom is 0.209 e. The molecule has 0 radical (unpaired) electrons. The Morgan fingerprint density at radius 1 is 1.29 bits per heavy atom. The lowest BCUT2D eigenvalue weighted by molar-refractivity contribution is 0.475. The Hall–Kier alpha value is -1.07. The molecule has 14 heavy (non-hydrogen) atoms. The van der Waals surface area contributed by atoms with Crippen molar-refractivity contribution >= 4 is 10.0 Å². The summed E-state index contributed by atoms with van der Waals surface area (Å²) in [5, 5.41) is 9.03. The lowest BCUT2D eigenvalue weighted by Crippen LogP contribution is -2.25. The predicted molar refractivity (Wildman–Crippen MR) is 54.5 cm³/mol. The Kier molecular flexibility index (Phi) is 3.13. The molecule has 0 heterocycles. The van der Waals surface area contributed by atoms with Crippen LogP contribution < -0.4 is 4.72 Å². The maximum atomic E-state index is 10.9. The third kappa shape index (κ3) is 3.35. The van der Waals surface area contributed by atoms with Crippen molar-refractivity contribution in [1.82, 2.24) is 4.72 Å². The van der Waals surface area contributed by atoms with Gasteiger partial charge in [-0.25, -0.2) is 13.1 Å². The molecule has 5 heteroatoms. The van der Waals surface area contributed by atoms with Gasteiger partial charge in [0.2, 0.25) is 10.0 Å². The lowest BCUT2D eigenvalue weighted by atomic mass is 10.1. The molecular formula is C9H13NO3S. The van der Waals surface area contributed by atoms with E-state index >= 15 is 0 Å². The van der Waals surface area contributed by atoms with Crippen LogP contribution in [0.25, 0.3) is 0 Å². The number of hydrogen-bond acceptors (Lipinski definition) is 3. The van der Waals surface area contributed by atoms with Crippen molar-refractivity contribution in [3.63, 3.8) is 0 Å². The molecule has 0 saturated heterocycles. The smallest absolute Gasteiger partial charge is 0.209 e. The molecule has 0 bridgehead atoms. The zero-order chi connectivity index (χ0) is 10.8. The number of nitrogens with one attached hydrogen (secondary N) is 1. The molecule has 4 nitrogen and oxygen atoms in total. The number of benzene rings is 1. The van der Waals surface area contributed by atoms with Crippen LogP contribution in [0.4, 0.5) is 0 Å². The first kappa shape index (κ1) is 11.0. The standard InChI is InChI=1S/C9H13NO3S/c1-7(10-14(2,12)13)8-3-5-9(11)6-4-8/h3-7,10-11H,1-2H3. The van der Waals surface area contributed by atoms with Gasteiger partial charge in [0.05, 0.1) is 6.26 Å². The second-order valence-electron chi connectivity index (χ2n) is 3.20. The van der Waals surface area contributed by atoms with Gasteiger partial charge in [-0.1, -0.05) is 12.1 Å². The van der Waals surface area contributed by atoms with Crippen molar-refractivity contribution < 1.29 is 13.5 Å². The Morgan fingerprint density at radius 3 is 2.21 bits per heavy atom. The molecule has 0 aromatic heterocycles. The number of rotatable bonds is 3. The van der Waals surface area contributed by atoms with E-state index in [0.29, 0.717) is 0 Å². The zero-order valence-electron chi connectivity index (χ0n) is 8.06. The van der Waals surface area contributed by atoms with Crippen LogP contribution in [0, 0.1) is 0 Å². The summed E-state index contributed by atoms with van der Waals surface area (Å²) in [6, 6.07) is 6.12. The first-order chi connectivity index (χ1) is 6.38. The van der Waals surface area contributed by atoms with E-state index < -0.39 is 10.0 Å². The summed E-state index contributed by atoms with van der Waals surface area (Å²) in [6.07, 6.45) is 1.11. The Labute approximate surface area is 83.6 Å². The summed E-state index contributed by atoms with van der Waals surface area (Å²) >= 11 is 0. The van der Waals surface area contributed by atoms with Crippen LogP contribution in [-0.2, 0) is 10.0 Å². The minimum atomic E-state index is -3.19. The van der Waals surface area contributed by atoms with Gasteiger partial charge in [0.25, 0.3) is 0 Å². The van der Waals surface area contributed by atoms with E-state index in [0.717, 1.165) is 11.8 Å². The zero-order valence-corrected chi connectivity index (χ0v) is 8.88. The van der Waals surface area contributed by atoms with Crippen molar-refractivity contribution in [3.05, 3.63) is 29.8 Å². The summed E-state index contributed by atoms with van der Waals surface area (Å²) < 4.78 is 24.3. The summed E-state index contributed by atoms with van der Waals surface area (Å²) in [6.45, 7) is 1.74. The second kappa shape index (κ2) is 3.98. The summed E-state index contributed by atoms with van der Waals surface area (Å²) in [4.78, 5) is 0. The van der Waals surface area contributed by atoms with Gasteiger partial charge in [-0.05, 0) is 24.6 Å². The number of hydrogen-bond donors (Lipinski definition) is 2. The van der Waals surface area contributed by atoms with Crippen molar-refractivity contribution in [2.45, 2.75) is 13.0 Å². The number of phenolic OH excluding ortho intramolecular Hbond substituents is 1. The molecule has 1 aromatic rings. The highest BCUT2D eigenvalue weighted by Gasteiger charge is 2.10. The fourth-order valence-electron chi connectivity index (χ4n) is 1.15. The van der Waals surface area contributed by atoms with Crippen molar-refractivity contribution in [2.75, 3.05) is 6.26 Å². The normalized spacial score (nSPS) is 13.9. The Morgan fingerprint density at radius 2 is 1.79 bits per heavy atom. The van der Waals surface area contributed by atoms with E-state index in [1.165, 1.54) is 12.1 Å². The van der Waals surface area contributed by atoms with Crippen LogP contribution in [0.3, 0.4) is 0 Å². The first-order valence-electron chi connectivity index (χ1n) is 4.15. The largest absolute Gasteiger partial charge is 0.508 e. The maximum absolute atomic E-state index is 10.9. The number of phenols is 1. The van der Waals surface area contributed by atoms with Crippen LogP contribution in [0.15, 0.2) is 24.3 Å². The molecule has 0 aliphatic carbocycles. The van der Waals surface area contributed by atoms with Gasteiger partial charge in [0.1, 0.15) is 5.75 Å². The molecule has 78 valence electrons. The van der Waals surface area contributed by atoms with E-state index in [1.807, 2.05) is 0 Å². The monoisotopic (exact) mass is 215 g/mol. The Bertz CT molecular complexity index is 397. The van der Waals surface area contributed by atoms with Crippen LogP contribution in [0.2, 0.25) is 0 Å². The number of sulfonamides is 1. The molecule has 0 amide bonds. The minimum absolute atomic E-state index is 0.167. The van der Waals surface area contributed by atoms with Crippen LogP contribution >= 0.6 is 0 Å². The van der Waals surface area contributed by atoms with Crippen molar-refractivity contribution in [1.29, 1.82) is 0 Å². The van der Waals surface area contributed by atoms with Crippen LogP contribution in [0.1, 0.15) is 18.5 Å². The second-order valence-corrected chi connectivity index (χ2v) is 4.98. The molecule has 2 N–H and O–H groups in total. The van der Waals surface area contributed by atoms with Crippen molar-refractivity contribution in [2.24, 2.45) is 0 Å². The SMILES string of the molecule is CC(NS(C)(=O)=O)c1ccc(O)cc1. The van der Waals surface area contributed by atoms with Crippen molar-refractivity contribution in [3.8, 4) is 5.75 Å². The van der Waals surface area contributed by atoms with E-state index in [2.05, 4.69) is 4.72 Å². The van der Waals surface area contributed by atoms with Gasteiger partial charge in [-0.15, -0.1) is 0 Å². The van der Waals surface area contributed by atoms with Gasteiger partial charge in [-0.2, -0.15) is 0 Å². The third-order valence-electron chi connectivity index (χ3n) is 1.78. The predicted octanol–water partition coefficient (Wildman–Crippen LogP) is 1.00. The van der Waals surface area contributed by atoms with Gasteiger partial charge in [0, 0.05) is 6.04 Å². The first-order valence-corrected chi connectivity index (χ1v) is 6.04. The van der Waals surface area contributed by atoms with Crippen LogP contribution in [0.5, 0.6) is 5.75 Å². The van der Waals surface area contributed by atoms with Gasteiger partial charge in [-0.3, -0.25) is 0 Å². The molecule has 0 aliphatic heterocycles. The van der Waals surface area contributed by atoms with E-state index in [-0.39, 0.29) is 11.8 Å². The summed E-state index contributed by atoms with van der Waals surface area (Å²) in [5.74, 6) is 0.167. The topological polar surface area (TPSA) is 66.4 Å². The molecule has 0 spiro atoms. The average Bonchev–Trinajstić information content (AvgIpc) is 2.02. The fourth-order valence-corrected chi connectivity index (χ4v) is 1.93. The van der Waals surface area contributed by atoms with E-state index in [9.17, 15) is 8.42 Å². The summed E-state index contributed by atoms with van der Waals surface area (Å²) in [5.41, 5.74) is 0.813. The molecule has 1 atom stereocenters. The van der Waals surface area contributed by atoms with E-state index in [1.54, 1.807) is 19.1 Å². The molecule has 0 fully saturated rings. The minimum Gasteiger partial charge on any atom is -0.508 e. The lowest BCUT2D eigenvalue weighted by Gasteiger charge is -2.12. The Balaban J connectivity index is 2.80. The highest BCUT2D eigenvalue weighted by Crippen LogP contribution is 2.16. The molecular weight excluding hydrogens is 202 g/mol. The molecule has 1 aromatic carbocycles. The highest BCUT2D eigenvalue weighted by atomic mass is 32.2.